The molecule has 1 aromatic carbocycles. The summed E-state index contributed by atoms with van der Waals surface area (Å²) < 4.78 is 27.1. The number of rotatable bonds is 3. The molecule has 100 valence electrons. The zero-order valence-electron chi connectivity index (χ0n) is 10.6. The van der Waals surface area contributed by atoms with E-state index in [0.717, 1.165) is 18.2 Å². The molecule has 6 heteroatoms. The quantitative estimate of drug-likeness (QED) is 0.656. The van der Waals surface area contributed by atoms with Gasteiger partial charge in [-0.2, -0.15) is 10.2 Å². The highest BCUT2D eigenvalue weighted by molar-refractivity contribution is 5.35. The summed E-state index contributed by atoms with van der Waals surface area (Å²) in [6, 6.07) is 4.33. The van der Waals surface area contributed by atoms with Gasteiger partial charge in [0.1, 0.15) is 11.6 Å². The number of hydrogen-bond donors (Lipinski definition) is 2. The average Bonchev–Trinajstić information content (AvgIpc) is 2.38. The third kappa shape index (κ3) is 2.74. The third-order valence-corrected chi connectivity index (χ3v) is 2.89. The molecule has 4 nitrogen and oxygen atoms in total. The number of halogens is 2. The van der Waals surface area contributed by atoms with Gasteiger partial charge in [-0.25, -0.2) is 14.2 Å². The van der Waals surface area contributed by atoms with E-state index in [0.29, 0.717) is 17.0 Å². The Balaban J connectivity index is 2.55. The molecule has 2 aromatic rings. The minimum absolute atomic E-state index is 0.137. The summed E-state index contributed by atoms with van der Waals surface area (Å²) in [6.07, 6.45) is 0. The largest absolute Gasteiger partial charge is 0.271 e. The van der Waals surface area contributed by atoms with Crippen molar-refractivity contribution in [3.63, 3.8) is 0 Å². The lowest BCUT2D eigenvalue weighted by atomic mass is 9.97. The Labute approximate surface area is 109 Å². The highest BCUT2D eigenvalue weighted by atomic mass is 19.1. The second-order valence-corrected chi connectivity index (χ2v) is 4.29. The molecule has 0 saturated heterocycles. The predicted octanol–water partition coefficient (Wildman–Crippen LogP) is 1.92. The van der Waals surface area contributed by atoms with Crippen molar-refractivity contribution in [3.05, 3.63) is 58.4 Å². The van der Waals surface area contributed by atoms with Crippen molar-refractivity contribution < 1.29 is 8.78 Å². The molecule has 0 bridgehead atoms. The molecule has 0 radical (unpaired) electrons. The van der Waals surface area contributed by atoms with Crippen molar-refractivity contribution in [1.82, 2.24) is 15.6 Å². The van der Waals surface area contributed by atoms with Crippen molar-refractivity contribution in [2.45, 2.75) is 19.9 Å². The van der Waals surface area contributed by atoms with Crippen LogP contribution in [0, 0.1) is 25.5 Å². The van der Waals surface area contributed by atoms with E-state index >= 15 is 0 Å². The molecular weight excluding hydrogens is 250 g/mol. The number of nitrogens with zero attached hydrogens (tertiary/aromatic N) is 2. The number of benzene rings is 1. The summed E-state index contributed by atoms with van der Waals surface area (Å²) in [5.74, 6) is 4.44. The van der Waals surface area contributed by atoms with Gasteiger partial charge in [0.15, 0.2) is 0 Å². The Kier molecular flexibility index (Phi) is 3.82. The summed E-state index contributed by atoms with van der Waals surface area (Å²) in [5, 5.41) is 7.87. The molecule has 0 aliphatic carbocycles. The van der Waals surface area contributed by atoms with Crippen LogP contribution in [-0.2, 0) is 0 Å². The van der Waals surface area contributed by atoms with Gasteiger partial charge in [0.25, 0.3) is 0 Å². The molecule has 1 aromatic heterocycles. The standard InChI is InChI=1S/C13H14F2N4/c1-7-5-10(8(2)19-18-7)13(17-16)11-6-9(14)3-4-12(11)15/h3-6,13,17H,16H2,1-2H3. The zero-order valence-corrected chi connectivity index (χ0v) is 10.6. The van der Waals surface area contributed by atoms with E-state index in [1.807, 2.05) is 0 Å². The molecule has 2 rings (SSSR count). The molecule has 0 aliphatic heterocycles. The molecule has 0 aliphatic rings. The molecule has 0 spiro atoms. The van der Waals surface area contributed by atoms with Crippen LogP contribution in [0.4, 0.5) is 8.78 Å². The Hall–Kier alpha value is -1.92. The van der Waals surface area contributed by atoms with E-state index in [2.05, 4.69) is 15.6 Å². The van der Waals surface area contributed by atoms with Gasteiger partial charge in [-0.05, 0) is 43.7 Å². The molecule has 0 fully saturated rings. The summed E-state index contributed by atoms with van der Waals surface area (Å²) in [7, 11) is 0. The molecule has 0 amide bonds. The lowest BCUT2D eigenvalue weighted by Gasteiger charge is -2.19. The summed E-state index contributed by atoms with van der Waals surface area (Å²) in [4.78, 5) is 0. The highest BCUT2D eigenvalue weighted by Gasteiger charge is 2.20. The molecule has 1 atom stereocenters. The predicted molar refractivity (Wildman–Crippen MR) is 67.0 cm³/mol. The number of nitrogens with two attached hydrogens (primary N) is 1. The Morgan fingerprint density at radius 3 is 2.53 bits per heavy atom. The molecule has 0 saturated carbocycles. The lowest BCUT2D eigenvalue weighted by molar-refractivity contribution is 0.542. The maximum atomic E-state index is 13.8. The van der Waals surface area contributed by atoms with Crippen LogP contribution >= 0.6 is 0 Å². The van der Waals surface area contributed by atoms with Gasteiger partial charge in [-0.3, -0.25) is 5.84 Å². The van der Waals surface area contributed by atoms with Gasteiger partial charge in [0, 0.05) is 5.56 Å². The van der Waals surface area contributed by atoms with Crippen LogP contribution in [0.1, 0.15) is 28.6 Å². The second-order valence-electron chi connectivity index (χ2n) is 4.29. The van der Waals surface area contributed by atoms with Crippen molar-refractivity contribution in [1.29, 1.82) is 0 Å². The van der Waals surface area contributed by atoms with E-state index in [1.54, 1.807) is 19.9 Å². The fourth-order valence-corrected chi connectivity index (χ4v) is 1.95. The first-order valence-corrected chi connectivity index (χ1v) is 5.75. The van der Waals surface area contributed by atoms with Crippen molar-refractivity contribution >= 4 is 0 Å². The lowest BCUT2D eigenvalue weighted by Crippen LogP contribution is -2.30. The Bertz CT molecular complexity index is 550. The minimum atomic E-state index is -0.676. The van der Waals surface area contributed by atoms with Crippen LogP contribution < -0.4 is 11.3 Å². The van der Waals surface area contributed by atoms with Gasteiger partial charge in [-0.1, -0.05) is 0 Å². The van der Waals surface area contributed by atoms with E-state index < -0.39 is 17.7 Å². The molecule has 3 N–H and O–H groups in total. The molecule has 1 unspecified atom stereocenters. The van der Waals surface area contributed by atoms with E-state index in [9.17, 15) is 8.78 Å². The number of hydrogen-bond acceptors (Lipinski definition) is 4. The monoisotopic (exact) mass is 264 g/mol. The van der Waals surface area contributed by atoms with Gasteiger partial charge in [0.2, 0.25) is 0 Å². The van der Waals surface area contributed by atoms with Crippen molar-refractivity contribution in [3.8, 4) is 0 Å². The average molecular weight is 264 g/mol. The number of nitrogens with one attached hydrogen (secondary N) is 1. The van der Waals surface area contributed by atoms with Crippen molar-refractivity contribution in [2.24, 2.45) is 5.84 Å². The van der Waals surface area contributed by atoms with Gasteiger partial charge >= 0.3 is 0 Å². The normalized spacial score (nSPS) is 12.5. The number of hydrazine groups is 1. The number of aromatic nitrogens is 2. The SMILES string of the molecule is Cc1cc(C(NN)c2cc(F)ccc2F)c(C)nn1. The summed E-state index contributed by atoms with van der Waals surface area (Å²) in [6.45, 7) is 3.51. The third-order valence-electron chi connectivity index (χ3n) is 2.89. The summed E-state index contributed by atoms with van der Waals surface area (Å²) >= 11 is 0. The highest BCUT2D eigenvalue weighted by Crippen LogP contribution is 2.26. The smallest absolute Gasteiger partial charge is 0.128 e. The maximum Gasteiger partial charge on any atom is 0.128 e. The van der Waals surface area contributed by atoms with Gasteiger partial charge in [-0.15, -0.1) is 0 Å². The van der Waals surface area contributed by atoms with Crippen LogP contribution in [0.15, 0.2) is 24.3 Å². The second kappa shape index (κ2) is 5.38. The fourth-order valence-electron chi connectivity index (χ4n) is 1.95. The van der Waals surface area contributed by atoms with Crippen LogP contribution in [0.3, 0.4) is 0 Å². The molecule has 1 heterocycles. The Morgan fingerprint density at radius 1 is 1.11 bits per heavy atom. The van der Waals surface area contributed by atoms with Crippen LogP contribution in [-0.4, -0.2) is 10.2 Å². The molecule has 19 heavy (non-hydrogen) atoms. The van der Waals surface area contributed by atoms with Gasteiger partial charge in [0.05, 0.1) is 17.4 Å². The Morgan fingerprint density at radius 2 is 1.84 bits per heavy atom. The number of aryl methyl sites for hydroxylation is 2. The van der Waals surface area contributed by atoms with E-state index in [4.69, 9.17) is 5.84 Å². The fraction of sp³-hybridized carbons (Fsp3) is 0.231. The summed E-state index contributed by atoms with van der Waals surface area (Å²) in [5.41, 5.74) is 4.59. The molecular formula is C13H14F2N4. The van der Waals surface area contributed by atoms with Crippen LogP contribution in [0.2, 0.25) is 0 Å². The van der Waals surface area contributed by atoms with E-state index in [-0.39, 0.29) is 5.56 Å². The maximum absolute atomic E-state index is 13.8. The first-order valence-electron chi connectivity index (χ1n) is 5.75. The van der Waals surface area contributed by atoms with Crippen LogP contribution in [0.25, 0.3) is 0 Å². The first kappa shape index (κ1) is 13.5. The minimum Gasteiger partial charge on any atom is -0.271 e. The topological polar surface area (TPSA) is 63.8 Å². The first-order chi connectivity index (χ1) is 9.02. The zero-order chi connectivity index (χ0) is 14.0. The van der Waals surface area contributed by atoms with Crippen LogP contribution in [0.5, 0.6) is 0 Å². The van der Waals surface area contributed by atoms with E-state index in [1.165, 1.54) is 0 Å². The van der Waals surface area contributed by atoms with Crippen molar-refractivity contribution in [2.75, 3.05) is 0 Å². The van der Waals surface area contributed by atoms with Gasteiger partial charge < -0.3 is 0 Å².